The number of oxazole rings is 1. The van der Waals surface area contributed by atoms with E-state index in [1.54, 1.807) is 19.2 Å². The van der Waals surface area contributed by atoms with Crippen LogP contribution >= 0.6 is 11.8 Å². The Labute approximate surface area is 164 Å². The normalized spacial score (nSPS) is 10.9. The number of nitrogen functional groups attached to an aromatic ring is 1. The lowest BCUT2D eigenvalue weighted by Gasteiger charge is -2.07. The van der Waals surface area contributed by atoms with Gasteiger partial charge in [-0.3, -0.25) is 0 Å². The lowest BCUT2D eigenvalue weighted by atomic mass is 10.2. The van der Waals surface area contributed by atoms with Gasteiger partial charge < -0.3 is 15.0 Å². The average molecular weight is 397 g/mol. The first-order chi connectivity index (χ1) is 13.7. The summed E-state index contributed by atoms with van der Waals surface area (Å²) in [6, 6.07) is 13.5. The second kappa shape index (κ2) is 7.73. The maximum Gasteiger partial charge on any atom is 0.226 e. The highest BCUT2D eigenvalue weighted by atomic mass is 32.2. The molecule has 0 fully saturated rings. The fourth-order valence-corrected chi connectivity index (χ4v) is 3.39. The van der Waals surface area contributed by atoms with Crippen LogP contribution in [-0.2, 0) is 5.75 Å². The highest BCUT2D eigenvalue weighted by molar-refractivity contribution is 7.98. The van der Waals surface area contributed by atoms with Gasteiger partial charge in [0.1, 0.15) is 17.8 Å². The van der Waals surface area contributed by atoms with Gasteiger partial charge in [0.25, 0.3) is 0 Å². The van der Waals surface area contributed by atoms with Gasteiger partial charge in [-0.25, -0.2) is 14.1 Å². The molecule has 0 spiro atoms. The Hall–Kier alpha value is -3.33. The number of aromatic nitrogens is 4. The number of halogens is 1. The van der Waals surface area contributed by atoms with Crippen LogP contribution in [0, 0.1) is 5.82 Å². The van der Waals surface area contributed by atoms with E-state index in [1.807, 2.05) is 24.3 Å². The summed E-state index contributed by atoms with van der Waals surface area (Å²) in [5.41, 5.74) is 2.02. The Kier molecular flexibility index (Phi) is 4.98. The summed E-state index contributed by atoms with van der Waals surface area (Å²) >= 11 is 1.37. The zero-order chi connectivity index (χ0) is 19.5. The molecule has 2 heterocycles. The van der Waals surface area contributed by atoms with Crippen molar-refractivity contribution in [1.82, 2.24) is 19.9 Å². The summed E-state index contributed by atoms with van der Waals surface area (Å²) in [6.45, 7) is 0. The van der Waals surface area contributed by atoms with Gasteiger partial charge in [0.2, 0.25) is 11.0 Å². The molecule has 0 aliphatic rings. The Morgan fingerprint density at radius 1 is 1.18 bits per heavy atom. The fraction of sp³-hybridized carbons (Fsp3) is 0.105. The Morgan fingerprint density at radius 2 is 2.04 bits per heavy atom. The molecule has 2 N–H and O–H groups in total. The number of nitrogens with two attached hydrogens (primary N) is 1. The average Bonchev–Trinajstić information content (AvgIpc) is 3.33. The van der Waals surface area contributed by atoms with Crippen molar-refractivity contribution in [2.75, 3.05) is 13.0 Å². The Balaban J connectivity index is 1.50. The van der Waals surface area contributed by atoms with E-state index in [1.165, 1.54) is 34.8 Å². The quantitative estimate of drug-likeness (QED) is 0.391. The van der Waals surface area contributed by atoms with E-state index in [4.69, 9.17) is 15.0 Å². The first-order valence-electron chi connectivity index (χ1n) is 8.32. The third-order valence-electron chi connectivity index (χ3n) is 3.98. The van der Waals surface area contributed by atoms with Gasteiger partial charge in [0.15, 0.2) is 5.82 Å². The number of rotatable bonds is 6. The van der Waals surface area contributed by atoms with Crippen LogP contribution in [0.4, 0.5) is 4.39 Å². The second-order valence-corrected chi connectivity index (χ2v) is 6.76. The first-order valence-corrected chi connectivity index (χ1v) is 9.31. The minimum atomic E-state index is -0.341. The van der Waals surface area contributed by atoms with Crippen LogP contribution in [0.15, 0.2) is 64.4 Å². The third kappa shape index (κ3) is 3.56. The summed E-state index contributed by atoms with van der Waals surface area (Å²) in [5.74, 6) is 7.82. The van der Waals surface area contributed by atoms with Gasteiger partial charge >= 0.3 is 0 Å². The van der Waals surface area contributed by atoms with Crippen LogP contribution in [0.25, 0.3) is 22.8 Å². The molecule has 2 aromatic heterocycles. The van der Waals surface area contributed by atoms with E-state index in [0.29, 0.717) is 39.6 Å². The molecule has 0 amide bonds. The number of hydrogen-bond donors (Lipinski definition) is 1. The van der Waals surface area contributed by atoms with E-state index >= 15 is 0 Å². The van der Waals surface area contributed by atoms with E-state index in [0.717, 1.165) is 5.56 Å². The molecule has 4 aromatic rings. The molecule has 0 aliphatic heterocycles. The summed E-state index contributed by atoms with van der Waals surface area (Å²) in [6.07, 6.45) is 1.53. The second-order valence-electron chi connectivity index (χ2n) is 5.82. The lowest BCUT2D eigenvalue weighted by molar-refractivity contribution is 0.416. The minimum Gasteiger partial charge on any atom is -0.496 e. The van der Waals surface area contributed by atoms with Crippen molar-refractivity contribution in [3.05, 3.63) is 66.3 Å². The van der Waals surface area contributed by atoms with Crippen molar-refractivity contribution in [3.8, 4) is 28.6 Å². The van der Waals surface area contributed by atoms with E-state index < -0.39 is 0 Å². The van der Waals surface area contributed by atoms with Gasteiger partial charge in [0.05, 0.1) is 18.4 Å². The van der Waals surface area contributed by atoms with Crippen LogP contribution in [0.3, 0.4) is 0 Å². The number of nitrogens with zero attached hydrogens (tertiary/aromatic N) is 4. The first kappa shape index (κ1) is 18.1. The van der Waals surface area contributed by atoms with Crippen LogP contribution in [0.1, 0.15) is 5.69 Å². The standard InChI is InChI=1S/C19H16FN5O2S/c1-26-16-8-3-2-7-15(16)17-23-24-19(25(17)21)28-11-14-10-27-18(22-14)12-5-4-6-13(20)9-12/h2-10H,11,21H2,1H3. The van der Waals surface area contributed by atoms with E-state index in [-0.39, 0.29) is 5.82 Å². The predicted octanol–water partition coefficient (Wildman–Crippen LogP) is 3.75. The molecule has 0 bridgehead atoms. The molecule has 28 heavy (non-hydrogen) atoms. The van der Waals surface area contributed by atoms with Crippen molar-refractivity contribution in [2.45, 2.75) is 10.9 Å². The molecule has 7 nitrogen and oxygen atoms in total. The van der Waals surface area contributed by atoms with Crippen LogP contribution < -0.4 is 10.6 Å². The summed E-state index contributed by atoms with van der Waals surface area (Å²) in [7, 11) is 1.59. The van der Waals surface area contributed by atoms with Crippen LogP contribution in [0.2, 0.25) is 0 Å². The zero-order valence-electron chi connectivity index (χ0n) is 14.9. The van der Waals surface area contributed by atoms with Crippen molar-refractivity contribution < 1.29 is 13.5 Å². The third-order valence-corrected chi connectivity index (χ3v) is 4.96. The van der Waals surface area contributed by atoms with Gasteiger partial charge in [-0.05, 0) is 30.3 Å². The molecule has 0 unspecified atom stereocenters. The summed E-state index contributed by atoms with van der Waals surface area (Å²) in [4.78, 5) is 4.39. The maximum atomic E-state index is 13.4. The molecule has 142 valence electrons. The monoisotopic (exact) mass is 397 g/mol. The SMILES string of the molecule is COc1ccccc1-c1nnc(SCc2coc(-c3cccc(F)c3)n2)n1N. The largest absolute Gasteiger partial charge is 0.496 e. The molecule has 0 atom stereocenters. The molecular formula is C19H16FN5O2S. The number of ether oxygens (including phenoxy) is 1. The number of methoxy groups -OCH3 is 1. The number of benzene rings is 2. The van der Waals surface area contributed by atoms with Crippen molar-refractivity contribution in [3.63, 3.8) is 0 Å². The molecule has 0 aliphatic carbocycles. The van der Waals surface area contributed by atoms with Crippen molar-refractivity contribution in [2.24, 2.45) is 0 Å². The highest BCUT2D eigenvalue weighted by Crippen LogP contribution is 2.30. The topological polar surface area (TPSA) is 92.0 Å². The van der Waals surface area contributed by atoms with E-state index in [9.17, 15) is 4.39 Å². The fourth-order valence-electron chi connectivity index (χ4n) is 2.65. The van der Waals surface area contributed by atoms with E-state index in [2.05, 4.69) is 15.2 Å². The minimum absolute atomic E-state index is 0.341. The van der Waals surface area contributed by atoms with Crippen molar-refractivity contribution >= 4 is 11.8 Å². The lowest BCUT2D eigenvalue weighted by Crippen LogP contribution is -2.12. The van der Waals surface area contributed by atoms with Gasteiger partial charge in [-0.1, -0.05) is 30.0 Å². The van der Waals surface area contributed by atoms with Crippen molar-refractivity contribution in [1.29, 1.82) is 0 Å². The maximum absolute atomic E-state index is 13.4. The number of thioether (sulfide) groups is 1. The smallest absolute Gasteiger partial charge is 0.226 e. The molecule has 0 saturated heterocycles. The van der Waals surface area contributed by atoms with Crippen LogP contribution in [-0.4, -0.2) is 27.0 Å². The molecule has 2 aromatic carbocycles. The van der Waals surface area contributed by atoms with Gasteiger partial charge in [-0.2, -0.15) is 0 Å². The van der Waals surface area contributed by atoms with Gasteiger partial charge in [0, 0.05) is 11.3 Å². The zero-order valence-corrected chi connectivity index (χ0v) is 15.7. The number of para-hydroxylation sites is 1. The molecule has 9 heteroatoms. The summed E-state index contributed by atoms with van der Waals surface area (Å²) in [5, 5.41) is 8.84. The molecule has 0 radical (unpaired) electrons. The highest BCUT2D eigenvalue weighted by Gasteiger charge is 2.16. The molecule has 0 saturated carbocycles. The molecule has 4 rings (SSSR count). The van der Waals surface area contributed by atoms with Crippen LogP contribution in [0.5, 0.6) is 5.75 Å². The van der Waals surface area contributed by atoms with Gasteiger partial charge in [-0.15, -0.1) is 10.2 Å². The molecular weight excluding hydrogens is 381 g/mol. The summed E-state index contributed by atoms with van der Waals surface area (Å²) < 4.78 is 25.6. The predicted molar refractivity (Wildman–Crippen MR) is 104 cm³/mol. The Bertz CT molecular complexity index is 1110. The number of hydrogen-bond acceptors (Lipinski definition) is 7. The Morgan fingerprint density at radius 3 is 2.86 bits per heavy atom.